The molecule has 0 saturated heterocycles. The summed E-state index contributed by atoms with van der Waals surface area (Å²) >= 11 is 0. The van der Waals surface area contributed by atoms with Crippen LogP contribution in [0.2, 0.25) is 0 Å². The van der Waals surface area contributed by atoms with Gasteiger partial charge < -0.3 is 25.1 Å². The highest BCUT2D eigenvalue weighted by Gasteiger charge is 2.44. The standard InChI is InChI=1S/C16H20NO7P/c1-10(11-5-7-12(18)8-6-11)9-16(20,21)15-13(17-25(22,23)24)3-2-4-14(15)19/h2-8,10,15,18,20-21H,9H2,1H3,(H3,17,22,23,24). The third-order valence-corrected chi connectivity index (χ3v) is 4.49. The van der Waals surface area contributed by atoms with Crippen LogP contribution in [0.4, 0.5) is 0 Å². The van der Waals surface area contributed by atoms with Gasteiger partial charge in [0.15, 0.2) is 11.6 Å². The van der Waals surface area contributed by atoms with Crippen LogP contribution in [-0.4, -0.2) is 36.7 Å². The molecule has 25 heavy (non-hydrogen) atoms. The summed E-state index contributed by atoms with van der Waals surface area (Å²) in [7, 11) is -4.72. The van der Waals surface area contributed by atoms with Crippen molar-refractivity contribution in [3.8, 4) is 5.75 Å². The molecule has 0 saturated carbocycles. The number of hydrogen-bond donors (Lipinski definition) is 6. The lowest BCUT2D eigenvalue weighted by atomic mass is 9.81. The molecule has 8 nitrogen and oxygen atoms in total. The molecule has 136 valence electrons. The monoisotopic (exact) mass is 369 g/mol. The molecule has 2 unspecified atom stereocenters. The second kappa shape index (κ2) is 7.11. The maximum Gasteiger partial charge on any atom is 0.427 e. The number of carbonyl (C=O) groups excluding carboxylic acids is 1. The minimum atomic E-state index is -4.72. The van der Waals surface area contributed by atoms with E-state index in [1.807, 2.05) is 5.09 Å². The Morgan fingerprint density at radius 3 is 2.40 bits per heavy atom. The number of aromatic hydroxyl groups is 1. The topological polar surface area (TPSA) is 147 Å². The molecule has 2 atom stereocenters. The fourth-order valence-electron chi connectivity index (χ4n) is 2.83. The van der Waals surface area contributed by atoms with Crippen molar-refractivity contribution in [2.45, 2.75) is 25.0 Å². The molecular weight excluding hydrogens is 349 g/mol. The van der Waals surface area contributed by atoms with E-state index in [1.165, 1.54) is 24.3 Å². The highest BCUT2D eigenvalue weighted by Crippen LogP contribution is 2.39. The molecule has 0 aromatic heterocycles. The van der Waals surface area contributed by atoms with Crippen LogP contribution in [0.1, 0.15) is 24.8 Å². The minimum Gasteiger partial charge on any atom is -0.508 e. The van der Waals surface area contributed by atoms with Gasteiger partial charge >= 0.3 is 7.75 Å². The number of phenols is 1. The summed E-state index contributed by atoms with van der Waals surface area (Å²) < 4.78 is 11.2. The first-order chi connectivity index (χ1) is 11.5. The smallest absolute Gasteiger partial charge is 0.427 e. The van der Waals surface area contributed by atoms with Gasteiger partial charge in [-0.25, -0.2) is 4.57 Å². The Morgan fingerprint density at radius 1 is 1.24 bits per heavy atom. The van der Waals surface area contributed by atoms with Crippen LogP contribution in [0.3, 0.4) is 0 Å². The molecule has 6 N–H and O–H groups in total. The molecule has 0 aliphatic heterocycles. The molecule has 0 heterocycles. The summed E-state index contributed by atoms with van der Waals surface area (Å²) in [6.45, 7) is 1.70. The minimum absolute atomic E-state index is 0.0684. The zero-order chi connectivity index (χ0) is 18.8. The Bertz CT molecular complexity index is 748. The number of rotatable bonds is 6. The van der Waals surface area contributed by atoms with Gasteiger partial charge in [-0.05, 0) is 35.8 Å². The van der Waals surface area contributed by atoms with Gasteiger partial charge in [0, 0.05) is 12.1 Å². The van der Waals surface area contributed by atoms with Gasteiger partial charge in [0.25, 0.3) is 0 Å². The zero-order valence-electron chi connectivity index (χ0n) is 13.4. The fraction of sp³-hybridized carbons (Fsp3) is 0.312. The highest BCUT2D eigenvalue weighted by atomic mass is 31.2. The van der Waals surface area contributed by atoms with Crippen LogP contribution >= 0.6 is 7.75 Å². The van der Waals surface area contributed by atoms with Gasteiger partial charge in [0.05, 0.1) is 0 Å². The number of hydrogen-bond acceptors (Lipinski definition) is 5. The lowest BCUT2D eigenvalue weighted by Gasteiger charge is -2.34. The Labute approximate surface area is 144 Å². The maximum absolute atomic E-state index is 12.1. The van der Waals surface area contributed by atoms with Gasteiger partial charge in [-0.1, -0.05) is 25.1 Å². The van der Waals surface area contributed by atoms with E-state index >= 15 is 0 Å². The summed E-state index contributed by atoms with van der Waals surface area (Å²) in [5.74, 6) is -5.09. The van der Waals surface area contributed by atoms with Crippen molar-refractivity contribution >= 4 is 13.5 Å². The molecule has 0 spiro atoms. The van der Waals surface area contributed by atoms with E-state index in [-0.39, 0.29) is 17.9 Å². The van der Waals surface area contributed by atoms with E-state index in [0.29, 0.717) is 5.56 Å². The summed E-state index contributed by atoms with van der Waals surface area (Å²) in [5.41, 5.74) is 0.446. The van der Waals surface area contributed by atoms with Crippen LogP contribution in [0.15, 0.2) is 48.2 Å². The predicted octanol–water partition coefficient (Wildman–Crippen LogP) is 0.888. The quantitative estimate of drug-likeness (QED) is 0.320. The summed E-state index contributed by atoms with van der Waals surface area (Å²) in [4.78, 5) is 30.3. The van der Waals surface area contributed by atoms with E-state index in [0.717, 1.165) is 6.08 Å². The number of allylic oxidation sites excluding steroid dienone is 3. The molecule has 1 aliphatic carbocycles. The van der Waals surface area contributed by atoms with Gasteiger partial charge in [0.2, 0.25) is 0 Å². The number of ketones is 1. The van der Waals surface area contributed by atoms with E-state index in [2.05, 4.69) is 0 Å². The van der Waals surface area contributed by atoms with Crippen LogP contribution in [0.25, 0.3) is 0 Å². The van der Waals surface area contributed by atoms with Gasteiger partial charge in [-0.2, -0.15) is 0 Å². The van der Waals surface area contributed by atoms with E-state index in [1.54, 1.807) is 19.1 Å². The second-order valence-corrected chi connectivity index (χ2v) is 7.36. The molecule has 0 radical (unpaired) electrons. The van der Waals surface area contributed by atoms with Crippen LogP contribution in [0, 0.1) is 5.92 Å². The summed E-state index contributed by atoms with van der Waals surface area (Å²) in [6, 6.07) is 6.14. The van der Waals surface area contributed by atoms with Crippen molar-refractivity contribution < 1.29 is 34.5 Å². The lowest BCUT2D eigenvalue weighted by Crippen LogP contribution is -2.46. The average Bonchev–Trinajstić information content (AvgIpc) is 2.45. The Kier molecular flexibility index (Phi) is 5.51. The molecule has 0 amide bonds. The first kappa shape index (κ1) is 19.4. The second-order valence-electron chi connectivity index (χ2n) is 6.05. The first-order valence-electron chi connectivity index (χ1n) is 7.49. The lowest BCUT2D eigenvalue weighted by molar-refractivity contribution is -0.198. The van der Waals surface area contributed by atoms with E-state index in [4.69, 9.17) is 9.79 Å². The van der Waals surface area contributed by atoms with Crippen LogP contribution in [0.5, 0.6) is 5.75 Å². The zero-order valence-corrected chi connectivity index (χ0v) is 14.3. The van der Waals surface area contributed by atoms with Crippen molar-refractivity contribution in [1.82, 2.24) is 5.09 Å². The van der Waals surface area contributed by atoms with E-state index < -0.39 is 31.2 Å². The third kappa shape index (κ3) is 5.01. The third-order valence-electron chi connectivity index (χ3n) is 3.94. The Hall–Kier alpha value is -1.96. The van der Waals surface area contributed by atoms with Gasteiger partial charge in [-0.3, -0.25) is 9.88 Å². The van der Waals surface area contributed by atoms with Crippen molar-refractivity contribution in [2.24, 2.45) is 5.92 Å². The molecule has 0 bridgehead atoms. The molecular formula is C16H20NO7P. The number of carbonyl (C=O) groups is 1. The molecule has 9 heteroatoms. The van der Waals surface area contributed by atoms with Gasteiger partial charge in [-0.15, -0.1) is 0 Å². The molecule has 1 aliphatic rings. The molecule has 0 fully saturated rings. The van der Waals surface area contributed by atoms with Crippen molar-refractivity contribution in [3.63, 3.8) is 0 Å². The van der Waals surface area contributed by atoms with Crippen molar-refractivity contribution in [2.75, 3.05) is 0 Å². The molecule has 1 aromatic carbocycles. The molecule has 1 aromatic rings. The number of aliphatic hydroxyl groups is 2. The number of phenolic OH excluding ortho intramolecular Hbond substituents is 1. The number of benzene rings is 1. The summed E-state index contributed by atoms with van der Waals surface area (Å²) in [5, 5.41) is 32.1. The molecule has 2 rings (SSSR count). The van der Waals surface area contributed by atoms with Crippen molar-refractivity contribution in [3.05, 3.63) is 53.8 Å². The average molecular weight is 369 g/mol. The van der Waals surface area contributed by atoms with Crippen molar-refractivity contribution in [1.29, 1.82) is 0 Å². The normalized spacial score (nSPS) is 19.5. The Balaban J connectivity index is 2.24. The highest BCUT2D eigenvalue weighted by molar-refractivity contribution is 7.49. The maximum atomic E-state index is 12.1. The van der Waals surface area contributed by atoms with Crippen LogP contribution in [-0.2, 0) is 9.36 Å². The largest absolute Gasteiger partial charge is 0.508 e. The number of nitrogens with one attached hydrogen (secondary N) is 1. The predicted molar refractivity (Wildman–Crippen MR) is 89.2 cm³/mol. The fourth-order valence-corrected chi connectivity index (χ4v) is 3.37. The van der Waals surface area contributed by atoms with Gasteiger partial charge in [0.1, 0.15) is 11.7 Å². The SMILES string of the molecule is CC(CC(O)(O)C1C(=O)C=CC=C1NP(=O)(O)O)c1ccc(O)cc1. The van der Waals surface area contributed by atoms with Crippen LogP contribution < -0.4 is 5.09 Å². The van der Waals surface area contributed by atoms with E-state index in [9.17, 15) is 24.7 Å². The summed E-state index contributed by atoms with van der Waals surface area (Å²) in [6.07, 6.45) is 3.35. The Morgan fingerprint density at radius 2 is 1.84 bits per heavy atom. The first-order valence-corrected chi connectivity index (χ1v) is 9.10.